The first-order valence-corrected chi connectivity index (χ1v) is 11.3. The number of aryl methyl sites for hydroxylation is 1. The molecule has 0 unspecified atom stereocenters. The minimum atomic E-state index is -0.440. The first-order chi connectivity index (χ1) is 17.1. The molecule has 4 aromatic rings. The van der Waals surface area contributed by atoms with Gasteiger partial charge >= 0.3 is 0 Å². The number of amides is 1. The topological polar surface area (TPSA) is 96.1 Å². The quantitative estimate of drug-likeness (QED) is 0.332. The van der Waals surface area contributed by atoms with E-state index in [4.69, 9.17) is 4.74 Å². The maximum Gasteiger partial charge on any atom is 0.263 e. The number of anilines is 3. The van der Waals surface area contributed by atoms with Gasteiger partial charge in [-0.2, -0.15) is 0 Å². The Balaban J connectivity index is 1.39. The van der Waals surface area contributed by atoms with E-state index in [1.807, 2.05) is 36.4 Å². The molecule has 35 heavy (non-hydrogen) atoms. The Morgan fingerprint density at radius 1 is 1.06 bits per heavy atom. The van der Waals surface area contributed by atoms with Crippen LogP contribution in [0.15, 0.2) is 72.9 Å². The number of ether oxygens (including phenoxy) is 1. The van der Waals surface area contributed by atoms with Crippen LogP contribution in [0.4, 0.5) is 21.6 Å². The third-order valence-corrected chi connectivity index (χ3v) is 5.71. The molecule has 0 saturated carbocycles. The number of carbonyl (C=O) groups excluding carboxylic acids is 2. The fourth-order valence-corrected chi connectivity index (χ4v) is 4.14. The molecule has 3 N–H and O–H groups in total. The van der Waals surface area contributed by atoms with Gasteiger partial charge in [-0.1, -0.05) is 24.3 Å². The summed E-state index contributed by atoms with van der Waals surface area (Å²) in [6.45, 7) is -0.290. The van der Waals surface area contributed by atoms with Crippen LogP contribution in [0.5, 0.6) is 5.75 Å². The lowest BCUT2D eigenvalue weighted by Gasteiger charge is -2.14. The zero-order valence-electron chi connectivity index (χ0n) is 18.8. The molecule has 5 rings (SSSR count). The van der Waals surface area contributed by atoms with Crippen molar-refractivity contribution in [2.45, 2.75) is 19.3 Å². The second-order valence-electron chi connectivity index (χ2n) is 8.22. The molecule has 0 saturated heterocycles. The van der Waals surface area contributed by atoms with E-state index >= 15 is 0 Å². The summed E-state index contributed by atoms with van der Waals surface area (Å²) in [5, 5.41) is 6.11. The van der Waals surface area contributed by atoms with Gasteiger partial charge in [-0.3, -0.25) is 9.59 Å². The van der Waals surface area contributed by atoms with Crippen molar-refractivity contribution < 1.29 is 18.7 Å². The first-order valence-electron chi connectivity index (χ1n) is 11.3. The number of halogens is 1. The van der Waals surface area contributed by atoms with Gasteiger partial charge in [0.1, 0.15) is 17.4 Å². The first kappa shape index (κ1) is 22.3. The van der Waals surface area contributed by atoms with Crippen molar-refractivity contribution in [3.05, 3.63) is 90.0 Å². The van der Waals surface area contributed by atoms with E-state index in [9.17, 15) is 14.0 Å². The smallest absolute Gasteiger partial charge is 0.263 e. The van der Waals surface area contributed by atoms with Gasteiger partial charge in [0, 0.05) is 35.6 Å². The summed E-state index contributed by atoms with van der Waals surface area (Å²) in [6, 6.07) is 18.8. The van der Waals surface area contributed by atoms with Crippen molar-refractivity contribution in [3.8, 4) is 17.0 Å². The van der Waals surface area contributed by atoms with E-state index in [1.54, 1.807) is 18.3 Å². The molecule has 2 aromatic heterocycles. The Bertz CT molecular complexity index is 1380. The highest BCUT2D eigenvalue weighted by Gasteiger charge is 2.27. The van der Waals surface area contributed by atoms with Gasteiger partial charge in [0.25, 0.3) is 5.91 Å². The van der Waals surface area contributed by atoms with Crippen LogP contribution in [0.2, 0.25) is 0 Å². The molecule has 0 aliphatic heterocycles. The van der Waals surface area contributed by atoms with Crippen LogP contribution in [0.1, 0.15) is 28.9 Å². The largest absolute Gasteiger partial charge is 0.484 e. The van der Waals surface area contributed by atoms with E-state index < -0.39 is 11.7 Å². The fraction of sp³-hybridized carbons (Fsp3) is 0.148. The maximum absolute atomic E-state index is 13.3. The number of hydrogen-bond acceptors (Lipinski definition) is 5. The number of Topliss-reactive ketones (excluding diaryl/α,β-unsaturated/α-hetero) is 1. The number of ketones is 1. The number of rotatable bonds is 7. The van der Waals surface area contributed by atoms with Crippen LogP contribution in [0.25, 0.3) is 11.3 Å². The minimum Gasteiger partial charge on any atom is -0.484 e. The van der Waals surface area contributed by atoms with Crippen molar-refractivity contribution in [2.24, 2.45) is 0 Å². The summed E-state index contributed by atoms with van der Waals surface area (Å²) < 4.78 is 18.7. The van der Waals surface area contributed by atoms with Crippen molar-refractivity contribution in [1.82, 2.24) is 9.97 Å². The molecule has 1 aliphatic rings. The van der Waals surface area contributed by atoms with E-state index in [1.165, 1.54) is 18.2 Å². The number of nitrogens with zero attached hydrogens (tertiary/aromatic N) is 1. The Labute approximate surface area is 201 Å². The normalized spacial score (nSPS) is 12.7. The predicted molar refractivity (Wildman–Crippen MR) is 132 cm³/mol. The van der Waals surface area contributed by atoms with Crippen LogP contribution in [-0.4, -0.2) is 28.3 Å². The molecule has 0 radical (unpaired) electrons. The van der Waals surface area contributed by atoms with Crippen molar-refractivity contribution >= 4 is 28.9 Å². The summed E-state index contributed by atoms with van der Waals surface area (Å²) in [6.07, 6.45) is 3.69. The Morgan fingerprint density at radius 2 is 1.91 bits per heavy atom. The molecule has 7 nitrogen and oxygen atoms in total. The Morgan fingerprint density at radius 3 is 2.74 bits per heavy atom. The summed E-state index contributed by atoms with van der Waals surface area (Å²) in [5.41, 5.74) is 4.69. The van der Waals surface area contributed by atoms with Gasteiger partial charge in [0.05, 0.1) is 16.9 Å². The molecule has 1 amide bonds. The third kappa shape index (κ3) is 5.06. The number of carbonyl (C=O) groups is 2. The average Bonchev–Trinajstić information content (AvgIpc) is 3.23. The molecule has 1 aliphatic carbocycles. The second-order valence-corrected chi connectivity index (χ2v) is 8.22. The fourth-order valence-electron chi connectivity index (χ4n) is 4.14. The van der Waals surface area contributed by atoms with Crippen LogP contribution in [0, 0.1) is 5.82 Å². The highest BCUT2D eigenvalue weighted by atomic mass is 19.1. The molecule has 0 spiro atoms. The minimum absolute atomic E-state index is 0.101. The summed E-state index contributed by atoms with van der Waals surface area (Å²) in [4.78, 5) is 32.8. The average molecular weight is 471 g/mol. The number of benzene rings is 2. The van der Waals surface area contributed by atoms with Gasteiger partial charge in [-0.25, -0.2) is 9.37 Å². The molecular weight excluding hydrogens is 447 g/mol. The lowest BCUT2D eigenvalue weighted by Crippen LogP contribution is -2.20. The molecule has 176 valence electrons. The van der Waals surface area contributed by atoms with E-state index in [0.29, 0.717) is 23.5 Å². The van der Waals surface area contributed by atoms with Crippen molar-refractivity contribution in [2.75, 3.05) is 17.2 Å². The summed E-state index contributed by atoms with van der Waals surface area (Å²) >= 11 is 0. The number of pyridine rings is 1. The number of aromatic amines is 1. The van der Waals surface area contributed by atoms with Crippen LogP contribution in [-0.2, 0) is 11.2 Å². The van der Waals surface area contributed by atoms with Gasteiger partial charge < -0.3 is 20.4 Å². The maximum atomic E-state index is 13.3. The number of aromatic nitrogens is 2. The standard InChI is InChI=1S/C27H23FN4O3/c28-18-6-4-9-20(15-18)35-16-24(34)32-23-14-17(12-13-29-23)26-27(30-19-7-2-1-3-8-19)25-21(31-26)10-5-11-22(25)33/h1-4,6-9,12-15,30-31H,5,10-11,16H2,(H,29,32,34). The van der Waals surface area contributed by atoms with Crippen molar-refractivity contribution in [3.63, 3.8) is 0 Å². The third-order valence-electron chi connectivity index (χ3n) is 5.71. The highest BCUT2D eigenvalue weighted by Crippen LogP contribution is 2.39. The van der Waals surface area contributed by atoms with Crippen LogP contribution < -0.4 is 15.4 Å². The molecule has 0 atom stereocenters. The van der Waals surface area contributed by atoms with Crippen molar-refractivity contribution in [1.29, 1.82) is 0 Å². The predicted octanol–water partition coefficient (Wildman–Crippen LogP) is 5.50. The van der Waals surface area contributed by atoms with E-state index in [0.717, 1.165) is 35.5 Å². The molecule has 0 bridgehead atoms. The molecular formula is C27H23FN4O3. The number of nitrogens with one attached hydrogen (secondary N) is 3. The van der Waals surface area contributed by atoms with E-state index in [2.05, 4.69) is 20.6 Å². The Hall–Kier alpha value is -4.46. The molecule has 0 fully saturated rings. The summed E-state index contributed by atoms with van der Waals surface area (Å²) in [5.74, 6) is -0.170. The number of para-hydroxylation sites is 1. The lowest BCUT2D eigenvalue weighted by molar-refractivity contribution is -0.118. The number of hydrogen-bond donors (Lipinski definition) is 3. The molecule has 2 aromatic carbocycles. The summed E-state index contributed by atoms with van der Waals surface area (Å²) in [7, 11) is 0. The van der Waals surface area contributed by atoms with Crippen LogP contribution >= 0.6 is 0 Å². The lowest BCUT2D eigenvalue weighted by atomic mass is 9.95. The van der Waals surface area contributed by atoms with Gasteiger partial charge in [-0.05, 0) is 49.2 Å². The second kappa shape index (κ2) is 9.80. The number of H-pyrrole nitrogens is 1. The van der Waals surface area contributed by atoms with E-state index in [-0.39, 0.29) is 18.1 Å². The SMILES string of the molecule is O=C(COc1cccc(F)c1)Nc1cc(-c2[nH]c3c(c2Nc2ccccc2)C(=O)CCC3)ccn1. The van der Waals surface area contributed by atoms with Gasteiger partial charge in [-0.15, -0.1) is 0 Å². The molecule has 2 heterocycles. The highest BCUT2D eigenvalue weighted by molar-refractivity contribution is 6.07. The van der Waals surface area contributed by atoms with Crippen LogP contribution in [0.3, 0.4) is 0 Å². The monoisotopic (exact) mass is 470 g/mol. The zero-order chi connectivity index (χ0) is 24.2. The Kier molecular flexibility index (Phi) is 6.26. The zero-order valence-corrected chi connectivity index (χ0v) is 18.8. The number of fused-ring (bicyclic) bond motifs is 1. The van der Waals surface area contributed by atoms with Gasteiger partial charge in [0.2, 0.25) is 0 Å². The van der Waals surface area contributed by atoms with Gasteiger partial charge in [0.15, 0.2) is 12.4 Å². The molecule has 8 heteroatoms.